The van der Waals surface area contributed by atoms with E-state index in [9.17, 15) is 0 Å². The third-order valence-electron chi connectivity index (χ3n) is 8.95. The van der Waals surface area contributed by atoms with Crippen LogP contribution in [0.2, 0.25) is 0 Å². The lowest BCUT2D eigenvalue weighted by molar-refractivity contribution is 1.08. The second kappa shape index (κ2) is 10.0. The van der Waals surface area contributed by atoms with Gasteiger partial charge in [0.25, 0.3) is 0 Å². The molecule has 0 saturated heterocycles. The smallest absolute Gasteiger partial charge is 0.164 e. The number of hydrogen-bond acceptors (Lipinski definition) is 5. The molecule has 5 heteroatoms. The molecule has 0 aliphatic heterocycles. The lowest BCUT2D eigenvalue weighted by Crippen LogP contribution is -2.01. The standard InChI is InChI=1S/C41H23N3S2/c1-2-10-24(11-3-1)39-42-40(33-16-8-14-29-25(33)20-22-31-27-12-4-6-18-35(27)45-37(29)31)44-41(43-39)34-17-9-15-30-26(34)21-23-32-28-13-5-7-19-36(28)46-38(30)32/h1-23H. The van der Waals surface area contributed by atoms with Crippen molar-refractivity contribution in [2.24, 2.45) is 0 Å². The normalized spacial score (nSPS) is 11.9. The van der Waals surface area contributed by atoms with Gasteiger partial charge in [0.2, 0.25) is 0 Å². The topological polar surface area (TPSA) is 38.7 Å². The van der Waals surface area contributed by atoms with Crippen molar-refractivity contribution in [3.63, 3.8) is 0 Å². The molecule has 10 rings (SSSR count). The summed E-state index contributed by atoms with van der Waals surface area (Å²) in [6.07, 6.45) is 0. The Labute approximate surface area is 272 Å². The highest BCUT2D eigenvalue weighted by Crippen LogP contribution is 2.42. The van der Waals surface area contributed by atoms with Gasteiger partial charge in [-0.3, -0.25) is 0 Å². The summed E-state index contributed by atoms with van der Waals surface area (Å²) in [5.41, 5.74) is 2.97. The molecule has 7 aromatic carbocycles. The molecule has 0 spiro atoms. The van der Waals surface area contributed by atoms with Gasteiger partial charge in [-0.25, -0.2) is 15.0 Å². The van der Waals surface area contributed by atoms with Crippen LogP contribution in [0.15, 0.2) is 140 Å². The van der Waals surface area contributed by atoms with Gasteiger partial charge < -0.3 is 0 Å². The van der Waals surface area contributed by atoms with Gasteiger partial charge in [0.15, 0.2) is 17.5 Å². The highest BCUT2D eigenvalue weighted by Gasteiger charge is 2.18. The van der Waals surface area contributed by atoms with E-state index in [4.69, 9.17) is 15.0 Å². The average molecular weight is 622 g/mol. The van der Waals surface area contributed by atoms with Crippen molar-refractivity contribution in [2.45, 2.75) is 0 Å². The van der Waals surface area contributed by atoms with Crippen LogP contribution in [0.25, 0.3) is 96.1 Å². The van der Waals surface area contributed by atoms with E-state index in [1.165, 1.54) is 51.1 Å². The van der Waals surface area contributed by atoms with Crippen LogP contribution in [-0.4, -0.2) is 15.0 Å². The minimum Gasteiger partial charge on any atom is -0.208 e. The van der Waals surface area contributed by atoms with Gasteiger partial charge >= 0.3 is 0 Å². The fraction of sp³-hybridized carbons (Fsp3) is 0. The second-order valence-corrected chi connectivity index (χ2v) is 13.7. The maximum Gasteiger partial charge on any atom is 0.164 e. The van der Waals surface area contributed by atoms with Crippen LogP contribution in [0.1, 0.15) is 0 Å². The van der Waals surface area contributed by atoms with Gasteiger partial charge in [0.1, 0.15) is 0 Å². The summed E-state index contributed by atoms with van der Waals surface area (Å²) in [6.45, 7) is 0. The van der Waals surface area contributed by atoms with E-state index in [-0.39, 0.29) is 0 Å². The molecule has 0 amide bonds. The number of benzene rings is 7. The third kappa shape index (κ3) is 3.86. The molecule has 10 aromatic rings. The number of nitrogens with zero attached hydrogens (tertiary/aromatic N) is 3. The van der Waals surface area contributed by atoms with Crippen LogP contribution < -0.4 is 0 Å². The van der Waals surface area contributed by atoms with Crippen molar-refractivity contribution in [2.75, 3.05) is 0 Å². The number of thiophene rings is 2. The fourth-order valence-electron chi connectivity index (χ4n) is 6.80. The predicted molar refractivity (Wildman–Crippen MR) is 197 cm³/mol. The highest BCUT2D eigenvalue weighted by molar-refractivity contribution is 7.27. The molecule has 0 aliphatic rings. The van der Waals surface area contributed by atoms with Gasteiger partial charge in [-0.15, -0.1) is 22.7 Å². The first kappa shape index (κ1) is 25.8. The van der Waals surface area contributed by atoms with E-state index >= 15 is 0 Å². The molecule has 3 nitrogen and oxygen atoms in total. The minimum atomic E-state index is 0.667. The number of hydrogen-bond donors (Lipinski definition) is 0. The molecule has 46 heavy (non-hydrogen) atoms. The summed E-state index contributed by atoms with van der Waals surface area (Å²) in [4.78, 5) is 15.5. The highest BCUT2D eigenvalue weighted by atomic mass is 32.1. The summed E-state index contributed by atoms with van der Waals surface area (Å²) in [6, 6.07) is 49.5. The quantitative estimate of drug-likeness (QED) is 0.197. The largest absolute Gasteiger partial charge is 0.208 e. The molecule has 0 saturated carbocycles. The lowest BCUT2D eigenvalue weighted by atomic mass is 10.00. The zero-order chi connectivity index (χ0) is 30.2. The Morgan fingerprint density at radius 1 is 0.304 bits per heavy atom. The molecule has 3 aromatic heterocycles. The summed E-state index contributed by atoms with van der Waals surface area (Å²) >= 11 is 3.69. The summed E-state index contributed by atoms with van der Waals surface area (Å²) in [7, 11) is 0. The van der Waals surface area contributed by atoms with E-state index in [1.54, 1.807) is 0 Å². The van der Waals surface area contributed by atoms with Gasteiger partial charge in [-0.2, -0.15) is 0 Å². The van der Waals surface area contributed by atoms with Crippen LogP contribution >= 0.6 is 22.7 Å². The summed E-state index contributed by atoms with van der Waals surface area (Å²) in [5, 5.41) is 9.89. The molecule has 0 N–H and O–H groups in total. The number of fused-ring (bicyclic) bond motifs is 10. The van der Waals surface area contributed by atoms with Crippen LogP contribution in [0.3, 0.4) is 0 Å². The van der Waals surface area contributed by atoms with E-state index in [2.05, 4.69) is 121 Å². The Hall–Kier alpha value is -5.49. The van der Waals surface area contributed by atoms with Crippen LogP contribution in [0, 0.1) is 0 Å². The van der Waals surface area contributed by atoms with Crippen molar-refractivity contribution in [1.29, 1.82) is 0 Å². The molecule has 0 atom stereocenters. The van der Waals surface area contributed by atoms with Crippen molar-refractivity contribution in [1.82, 2.24) is 15.0 Å². The first-order valence-electron chi connectivity index (χ1n) is 15.3. The summed E-state index contributed by atoms with van der Waals surface area (Å²) in [5.74, 6) is 2.02. The molecular formula is C41H23N3S2. The third-order valence-corrected chi connectivity index (χ3v) is 11.4. The van der Waals surface area contributed by atoms with Gasteiger partial charge in [-0.1, -0.05) is 127 Å². The van der Waals surface area contributed by atoms with E-state index in [0.29, 0.717) is 17.5 Å². The Bertz CT molecular complexity index is 2640. The fourth-order valence-corrected chi connectivity index (χ4v) is 9.26. The van der Waals surface area contributed by atoms with Crippen molar-refractivity contribution < 1.29 is 0 Å². The predicted octanol–water partition coefficient (Wildman–Crippen LogP) is 11.9. The lowest BCUT2D eigenvalue weighted by Gasteiger charge is -2.12. The van der Waals surface area contributed by atoms with E-state index < -0.39 is 0 Å². The minimum absolute atomic E-state index is 0.667. The van der Waals surface area contributed by atoms with Gasteiger partial charge in [-0.05, 0) is 22.9 Å². The first-order valence-corrected chi connectivity index (χ1v) is 16.9. The van der Waals surface area contributed by atoms with Crippen molar-refractivity contribution in [3.05, 3.63) is 140 Å². The maximum absolute atomic E-state index is 5.23. The second-order valence-electron chi connectivity index (χ2n) is 11.6. The zero-order valence-electron chi connectivity index (χ0n) is 24.4. The average Bonchev–Trinajstić information content (AvgIpc) is 3.70. The van der Waals surface area contributed by atoms with Crippen LogP contribution in [0.4, 0.5) is 0 Å². The molecule has 214 valence electrons. The molecule has 0 unspecified atom stereocenters. The van der Waals surface area contributed by atoms with Crippen LogP contribution in [0.5, 0.6) is 0 Å². The summed E-state index contributed by atoms with van der Waals surface area (Å²) < 4.78 is 5.18. The molecule has 0 bridgehead atoms. The Morgan fingerprint density at radius 2 is 0.717 bits per heavy atom. The van der Waals surface area contributed by atoms with E-state index in [0.717, 1.165) is 27.5 Å². The molecular weight excluding hydrogens is 599 g/mol. The molecule has 0 radical (unpaired) electrons. The first-order chi connectivity index (χ1) is 22.8. The Kier molecular flexibility index (Phi) is 5.61. The SMILES string of the molecule is c1ccc(-c2nc(-c3cccc4c3ccc3c5ccccc5sc43)nc(-c3cccc4c3ccc3c5ccccc5sc43)n2)cc1. The monoisotopic (exact) mass is 621 g/mol. The maximum atomic E-state index is 5.23. The van der Waals surface area contributed by atoms with Crippen LogP contribution in [-0.2, 0) is 0 Å². The Balaban J connectivity index is 1.24. The van der Waals surface area contributed by atoms with Crippen molar-refractivity contribution in [3.8, 4) is 34.2 Å². The van der Waals surface area contributed by atoms with Gasteiger partial charge in [0, 0.05) is 67.8 Å². The Morgan fingerprint density at radius 3 is 1.26 bits per heavy atom. The molecule has 3 heterocycles. The molecule has 0 fully saturated rings. The number of rotatable bonds is 3. The van der Waals surface area contributed by atoms with Gasteiger partial charge in [0.05, 0.1) is 0 Å². The van der Waals surface area contributed by atoms with E-state index in [1.807, 2.05) is 40.9 Å². The molecule has 0 aliphatic carbocycles. The van der Waals surface area contributed by atoms with Crippen molar-refractivity contribution >= 4 is 84.6 Å². The zero-order valence-corrected chi connectivity index (χ0v) is 26.1. The number of aromatic nitrogens is 3.